The van der Waals surface area contributed by atoms with Gasteiger partial charge in [0.2, 0.25) is 0 Å². The Bertz CT molecular complexity index is 453. The highest BCUT2D eigenvalue weighted by molar-refractivity contribution is 5.95. The fraction of sp³-hybridized carbons (Fsp3) is 0.562. The van der Waals surface area contributed by atoms with E-state index in [9.17, 15) is 4.79 Å². The summed E-state index contributed by atoms with van der Waals surface area (Å²) in [6.07, 6.45) is 4.88. The summed E-state index contributed by atoms with van der Waals surface area (Å²) in [5.41, 5.74) is 7.57. The van der Waals surface area contributed by atoms with Gasteiger partial charge in [-0.25, -0.2) is 0 Å². The largest absolute Gasteiger partial charge is 0.378 e. The molecule has 1 unspecified atom stereocenters. The van der Waals surface area contributed by atoms with E-state index in [1.807, 2.05) is 43.3 Å². The lowest BCUT2D eigenvalue weighted by Gasteiger charge is -2.23. The Morgan fingerprint density at radius 2 is 2.10 bits per heavy atom. The number of nitrogens with two attached hydrogens (primary N) is 1. The first-order valence-corrected chi connectivity index (χ1v) is 7.40. The van der Waals surface area contributed by atoms with Crippen molar-refractivity contribution in [3.63, 3.8) is 0 Å². The number of carbonyl (C=O) groups excluding carboxylic acids is 1. The summed E-state index contributed by atoms with van der Waals surface area (Å²) in [4.78, 5) is 14.4. The van der Waals surface area contributed by atoms with Crippen LogP contribution in [0.25, 0.3) is 0 Å². The molecule has 0 spiro atoms. The van der Waals surface area contributed by atoms with E-state index >= 15 is 0 Å². The summed E-state index contributed by atoms with van der Waals surface area (Å²) < 4.78 is 0. The minimum atomic E-state index is -0.0175. The number of benzene rings is 1. The SMILES string of the molecule is CN(C)c1cccc(C(=O)NC(CN)C2CCCC2)c1. The van der Waals surface area contributed by atoms with Crippen LogP contribution in [0.2, 0.25) is 0 Å². The van der Waals surface area contributed by atoms with Crippen molar-refractivity contribution >= 4 is 11.6 Å². The Balaban J connectivity index is 2.04. The molecule has 0 aromatic heterocycles. The molecule has 4 nitrogen and oxygen atoms in total. The predicted molar refractivity (Wildman–Crippen MR) is 83.0 cm³/mol. The lowest BCUT2D eigenvalue weighted by atomic mass is 9.98. The van der Waals surface area contributed by atoms with Crippen LogP contribution in [-0.4, -0.2) is 32.6 Å². The molecule has 2 rings (SSSR count). The van der Waals surface area contributed by atoms with E-state index in [0.717, 1.165) is 5.69 Å². The van der Waals surface area contributed by atoms with Crippen molar-refractivity contribution in [1.29, 1.82) is 0 Å². The van der Waals surface area contributed by atoms with Gasteiger partial charge < -0.3 is 16.0 Å². The van der Waals surface area contributed by atoms with Gasteiger partial charge in [0.05, 0.1) is 0 Å². The van der Waals surface area contributed by atoms with Crippen molar-refractivity contribution in [2.75, 3.05) is 25.5 Å². The number of nitrogens with one attached hydrogen (secondary N) is 1. The maximum absolute atomic E-state index is 12.4. The lowest BCUT2D eigenvalue weighted by molar-refractivity contribution is 0.0924. The van der Waals surface area contributed by atoms with Gasteiger partial charge in [-0.2, -0.15) is 0 Å². The molecule has 110 valence electrons. The maximum Gasteiger partial charge on any atom is 0.251 e. The average Bonchev–Trinajstić information content (AvgIpc) is 2.98. The number of anilines is 1. The van der Waals surface area contributed by atoms with Gasteiger partial charge in [0.1, 0.15) is 0 Å². The standard InChI is InChI=1S/C16H25N3O/c1-19(2)14-9-5-8-13(10-14)16(20)18-15(11-17)12-6-3-4-7-12/h5,8-10,12,15H,3-4,6-7,11,17H2,1-2H3,(H,18,20). The van der Waals surface area contributed by atoms with Crippen molar-refractivity contribution in [2.45, 2.75) is 31.7 Å². The molecule has 1 aliphatic rings. The molecule has 3 N–H and O–H groups in total. The molecule has 1 fully saturated rings. The average molecular weight is 275 g/mol. The van der Waals surface area contributed by atoms with Crippen LogP contribution in [0.4, 0.5) is 5.69 Å². The summed E-state index contributed by atoms with van der Waals surface area (Å²) in [6.45, 7) is 0.518. The molecule has 1 aromatic carbocycles. The number of rotatable bonds is 5. The molecule has 20 heavy (non-hydrogen) atoms. The first kappa shape index (κ1) is 14.9. The highest BCUT2D eigenvalue weighted by atomic mass is 16.1. The number of amides is 1. The van der Waals surface area contributed by atoms with Gasteiger partial charge in [0, 0.05) is 37.9 Å². The first-order valence-electron chi connectivity index (χ1n) is 7.40. The van der Waals surface area contributed by atoms with Gasteiger partial charge in [-0.1, -0.05) is 18.9 Å². The first-order chi connectivity index (χ1) is 9.61. The van der Waals surface area contributed by atoms with Crippen molar-refractivity contribution in [2.24, 2.45) is 11.7 Å². The molecule has 0 bridgehead atoms. The minimum Gasteiger partial charge on any atom is -0.378 e. The summed E-state index contributed by atoms with van der Waals surface area (Å²) in [5.74, 6) is 0.525. The summed E-state index contributed by atoms with van der Waals surface area (Å²) in [5, 5.41) is 3.11. The zero-order valence-electron chi connectivity index (χ0n) is 12.4. The van der Waals surface area contributed by atoms with Crippen LogP contribution in [0.5, 0.6) is 0 Å². The third kappa shape index (κ3) is 3.51. The van der Waals surface area contributed by atoms with Crippen molar-refractivity contribution < 1.29 is 4.79 Å². The van der Waals surface area contributed by atoms with Crippen LogP contribution < -0.4 is 16.0 Å². The highest BCUT2D eigenvalue weighted by Crippen LogP contribution is 2.27. The molecule has 1 aromatic rings. The molecule has 0 radical (unpaired) electrons. The van der Waals surface area contributed by atoms with Gasteiger partial charge in [0.15, 0.2) is 0 Å². The fourth-order valence-corrected chi connectivity index (χ4v) is 2.91. The molecule has 1 amide bonds. The topological polar surface area (TPSA) is 58.4 Å². The van der Waals surface area contributed by atoms with Gasteiger partial charge >= 0.3 is 0 Å². The van der Waals surface area contributed by atoms with Gasteiger partial charge in [-0.05, 0) is 37.0 Å². The van der Waals surface area contributed by atoms with Crippen LogP contribution in [0.15, 0.2) is 24.3 Å². The fourth-order valence-electron chi connectivity index (χ4n) is 2.91. The zero-order valence-corrected chi connectivity index (χ0v) is 12.4. The third-order valence-electron chi connectivity index (χ3n) is 4.16. The van der Waals surface area contributed by atoms with Crippen LogP contribution in [-0.2, 0) is 0 Å². The second-order valence-electron chi connectivity index (χ2n) is 5.80. The second kappa shape index (κ2) is 6.75. The van der Waals surface area contributed by atoms with Crippen molar-refractivity contribution in [3.8, 4) is 0 Å². The highest BCUT2D eigenvalue weighted by Gasteiger charge is 2.25. The predicted octanol–water partition coefficient (Wildman–Crippen LogP) is 2.00. The smallest absolute Gasteiger partial charge is 0.251 e. The van der Waals surface area contributed by atoms with Crippen LogP contribution in [0, 0.1) is 5.92 Å². The lowest BCUT2D eigenvalue weighted by Crippen LogP contribution is -2.44. The van der Waals surface area contributed by atoms with Crippen LogP contribution >= 0.6 is 0 Å². The zero-order chi connectivity index (χ0) is 14.5. The quantitative estimate of drug-likeness (QED) is 0.864. The molecule has 0 aliphatic heterocycles. The van der Waals surface area contributed by atoms with Gasteiger partial charge in [0.25, 0.3) is 5.91 Å². The monoisotopic (exact) mass is 275 g/mol. The number of hydrogen-bond acceptors (Lipinski definition) is 3. The normalized spacial score (nSPS) is 16.9. The van der Waals surface area contributed by atoms with Gasteiger partial charge in [-0.3, -0.25) is 4.79 Å². The van der Waals surface area contributed by atoms with Crippen LogP contribution in [0.1, 0.15) is 36.0 Å². The van der Waals surface area contributed by atoms with E-state index in [2.05, 4.69) is 5.32 Å². The van der Waals surface area contributed by atoms with Gasteiger partial charge in [-0.15, -0.1) is 0 Å². The molecule has 1 aliphatic carbocycles. The van der Waals surface area contributed by atoms with E-state index in [0.29, 0.717) is 18.0 Å². The van der Waals surface area contributed by atoms with Crippen LogP contribution in [0.3, 0.4) is 0 Å². The Labute approximate surface area is 121 Å². The molecular formula is C16H25N3O. The van der Waals surface area contributed by atoms with E-state index in [-0.39, 0.29) is 11.9 Å². The summed E-state index contributed by atoms with van der Waals surface area (Å²) in [7, 11) is 3.94. The summed E-state index contributed by atoms with van der Waals surface area (Å²) in [6, 6.07) is 7.78. The van der Waals surface area contributed by atoms with E-state index < -0.39 is 0 Å². The minimum absolute atomic E-state index is 0.0175. The Hall–Kier alpha value is -1.55. The Kier molecular flexibility index (Phi) is 5.01. The van der Waals surface area contributed by atoms with E-state index in [1.165, 1.54) is 25.7 Å². The Morgan fingerprint density at radius 1 is 1.40 bits per heavy atom. The molecule has 1 saturated carbocycles. The second-order valence-corrected chi connectivity index (χ2v) is 5.80. The third-order valence-corrected chi connectivity index (χ3v) is 4.16. The maximum atomic E-state index is 12.4. The Morgan fingerprint density at radius 3 is 2.70 bits per heavy atom. The molecule has 0 saturated heterocycles. The van der Waals surface area contributed by atoms with Crippen molar-refractivity contribution in [1.82, 2.24) is 5.32 Å². The van der Waals surface area contributed by atoms with E-state index in [1.54, 1.807) is 0 Å². The summed E-state index contributed by atoms with van der Waals surface area (Å²) >= 11 is 0. The van der Waals surface area contributed by atoms with E-state index in [4.69, 9.17) is 5.73 Å². The number of carbonyl (C=O) groups is 1. The number of nitrogens with zero attached hydrogens (tertiary/aromatic N) is 1. The van der Waals surface area contributed by atoms with Crippen molar-refractivity contribution in [3.05, 3.63) is 29.8 Å². The molecular weight excluding hydrogens is 250 g/mol. The molecule has 1 atom stereocenters. The molecule has 4 heteroatoms. The number of hydrogen-bond donors (Lipinski definition) is 2. The molecule has 0 heterocycles.